The van der Waals surface area contributed by atoms with E-state index in [1.165, 1.54) is 11.4 Å². The van der Waals surface area contributed by atoms with E-state index >= 15 is 0 Å². The van der Waals surface area contributed by atoms with E-state index < -0.39 is 15.7 Å². The zero-order valence-corrected chi connectivity index (χ0v) is 13.5. The molecule has 0 aliphatic carbocycles. The molecule has 0 spiro atoms. The van der Waals surface area contributed by atoms with Crippen LogP contribution in [0.2, 0.25) is 0 Å². The van der Waals surface area contributed by atoms with Crippen molar-refractivity contribution in [2.24, 2.45) is 0 Å². The van der Waals surface area contributed by atoms with Gasteiger partial charge in [0.15, 0.2) is 0 Å². The Balaban J connectivity index is 2.44. The summed E-state index contributed by atoms with van der Waals surface area (Å²) in [7, 11) is -2.07. The van der Waals surface area contributed by atoms with Crippen LogP contribution in [0.15, 0.2) is 0 Å². The van der Waals surface area contributed by atoms with Gasteiger partial charge in [-0.3, -0.25) is 4.79 Å². The minimum Gasteiger partial charge on any atom is -0.469 e. The van der Waals surface area contributed by atoms with E-state index in [2.05, 4.69) is 14.4 Å². The first-order valence-corrected chi connectivity index (χ1v) is 8.16. The zero-order chi connectivity index (χ0) is 15.4. The molecule has 1 N–H and O–H groups in total. The predicted molar refractivity (Wildman–Crippen MR) is 76.5 cm³/mol. The fourth-order valence-corrected chi connectivity index (χ4v) is 3.54. The molecule has 0 bridgehead atoms. The van der Waals surface area contributed by atoms with Crippen LogP contribution in [0, 0.1) is 0 Å². The summed E-state index contributed by atoms with van der Waals surface area (Å²) in [4.78, 5) is 13.1. The average Bonchev–Trinajstić information content (AvgIpc) is 2.33. The SMILES string of the molecule is COC(=O)CCN1CCN(S(=O)(=O)NC(C)(C)C)CC1. The second kappa shape index (κ2) is 6.84. The van der Waals surface area contributed by atoms with Crippen LogP contribution in [0.5, 0.6) is 0 Å². The summed E-state index contributed by atoms with van der Waals surface area (Å²) >= 11 is 0. The van der Waals surface area contributed by atoms with Crippen LogP contribution in [-0.4, -0.2) is 69.0 Å². The normalized spacial score (nSPS) is 19.0. The van der Waals surface area contributed by atoms with Crippen molar-refractivity contribution in [2.75, 3.05) is 39.8 Å². The summed E-state index contributed by atoms with van der Waals surface area (Å²) in [6.07, 6.45) is 0.337. The number of hydrogen-bond donors (Lipinski definition) is 1. The monoisotopic (exact) mass is 307 g/mol. The summed E-state index contributed by atoms with van der Waals surface area (Å²) < 4.78 is 33.0. The van der Waals surface area contributed by atoms with Crippen molar-refractivity contribution < 1.29 is 17.9 Å². The van der Waals surface area contributed by atoms with Crippen LogP contribution in [0.4, 0.5) is 0 Å². The minimum absolute atomic E-state index is 0.241. The predicted octanol–water partition coefficient (Wildman–Crippen LogP) is -0.200. The topological polar surface area (TPSA) is 79.0 Å². The number of nitrogens with one attached hydrogen (secondary N) is 1. The maximum atomic E-state index is 12.1. The summed E-state index contributed by atoms with van der Waals surface area (Å²) in [6.45, 7) is 8.18. The number of methoxy groups -OCH3 is 1. The molecule has 118 valence electrons. The molecular formula is C12H25N3O4S. The summed E-state index contributed by atoms with van der Waals surface area (Å²) in [5.74, 6) is -0.241. The Morgan fingerprint density at radius 3 is 2.20 bits per heavy atom. The van der Waals surface area contributed by atoms with Crippen molar-refractivity contribution in [1.29, 1.82) is 0 Å². The molecule has 0 radical (unpaired) electrons. The third-order valence-corrected chi connectivity index (χ3v) is 4.88. The van der Waals surface area contributed by atoms with Crippen molar-refractivity contribution in [2.45, 2.75) is 32.7 Å². The Morgan fingerprint density at radius 1 is 1.20 bits per heavy atom. The highest BCUT2D eigenvalue weighted by atomic mass is 32.2. The lowest BCUT2D eigenvalue weighted by atomic mass is 10.1. The molecule has 20 heavy (non-hydrogen) atoms. The van der Waals surface area contributed by atoms with E-state index in [4.69, 9.17) is 0 Å². The maximum Gasteiger partial charge on any atom is 0.306 e. The van der Waals surface area contributed by atoms with E-state index in [1.54, 1.807) is 0 Å². The lowest BCUT2D eigenvalue weighted by Gasteiger charge is -2.35. The largest absolute Gasteiger partial charge is 0.469 e. The zero-order valence-electron chi connectivity index (χ0n) is 12.7. The first-order valence-electron chi connectivity index (χ1n) is 6.72. The molecule has 1 heterocycles. The van der Waals surface area contributed by atoms with Crippen LogP contribution in [0.3, 0.4) is 0 Å². The van der Waals surface area contributed by atoms with Crippen molar-refractivity contribution in [3.8, 4) is 0 Å². The van der Waals surface area contributed by atoms with E-state index in [0.717, 1.165) is 0 Å². The van der Waals surface area contributed by atoms with Crippen molar-refractivity contribution in [1.82, 2.24) is 13.9 Å². The first-order chi connectivity index (χ1) is 9.14. The second-order valence-electron chi connectivity index (χ2n) is 5.92. The van der Waals surface area contributed by atoms with Crippen LogP contribution >= 0.6 is 0 Å². The molecule has 1 fully saturated rings. The van der Waals surface area contributed by atoms with Crippen LogP contribution < -0.4 is 4.72 Å². The van der Waals surface area contributed by atoms with E-state index in [-0.39, 0.29) is 5.97 Å². The first kappa shape index (κ1) is 17.4. The molecule has 0 aromatic heterocycles. The molecule has 0 amide bonds. The number of hydrogen-bond acceptors (Lipinski definition) is 5. The van der Waals surface area contributed by atoms with E-state index in [0.29, 0.717) is 39.1 Å². The van der Waals surface area contributed by atoms with Crippen molar-refractivity contribution in [3.05, 3.63) is 0 Å². The maximum absolute atomic E-state index is 12.1. The standard InChI is InChI=1S/C12H25N3O4S/c1-12(2,3)13-20(17,18)15-9-7-14(8-10-15)6-5-11(16)19-4/h13H,5-10H2,1-4H3. The Labute approximate surface area is 121 Å². The van der Waals surface area contributed by atoms with Crippen LogP contribution in [-0.2, 0) is 19.7 Å². The second-order valence-corrected chi connectivity index (χ2v) is 7.59. The Kier molecular flexibility index (Phi) is 5.93. The molecule has 0 atom stereocenters. The van der Waals surface area contributed by atoms with Gasteiger partial charge in [-0.2, -0.15) is 17.4 Å². The van der Waals surface area contributed by atoms with Gasteiger partial charge in [-0.15, -0.1) is 0 Å². The number of carbonyl (C=O) groups is 1. The smallest absolute Gasteiger partial charge is 0.306 e. The minimum atomic E-state index is -3.44. The van der Waals surface area contributed by atoms with Gasteiger partial charge in [-0.1, -0.05) is 0 Å². The number of rotatable bonds is 5. The fourth-order valence-electron chi connectivity index (χ4n) is 2.00. The third-order valence-electron chi connectivity index (χ3n) is 2.97. The summed E-state index contributed by atoms with van der Waals surface area (Å²) in [5, 5.41) is 0. The molecule has 0 aromatic rings. The average molecular weight is 307 g/mol. The van der Waals surface area contributed by atoms with Gasteiger partial charge < -0.3 is 9.64 Å². The highest BCUT2D eigenvalue weighted by molar-refractivity contribution is 7.87. The summed E-state index contributed by atoms with van der Waals surface area (Å²) in [5.41, 5.74) is -0.485. The molecule has 8 heteroatoms. The van der Waals surface area contributed by atoms with Crippen LogP contribution in [0.1, 0.15) is 27.2 Å². The van der Waals surface area contributed by atoms with E-state index in [1.807, 2.05) is 20.8 Å². The van der Waals surface area contributed by atoms with Gasteiger partial charge >= 0.3 is 5.97 Å². The molecule has 0 aromatic carbocycles. The molecule has 1 saturated heterocycles. The summed E-state index contributed by atoms with van der Waals surface area (Å²) in [6, 6.07) is 0. The Hall–Kier alpha value is -0.700. The Bertz CT molecular complexity index is 422. The highest BCUT2D eigenvalue weighted by Crippen LogP contribution is 2.10. The van der Waals surface area contributed by atoms with Gasteiger partial charge in [-0.25, -0.2) is 0 Å². The number of ether oxygens (including phenoxy) is 1. The highest BCUT2D eigenvalue weighted by Gasteiger charge is 2.29. The molecule has 0 unspecified atom stereocenters. The van der Waals surface area contributed by atoms with Gasteiger partial charge in [0.05, 0.1) is 13.5 Å². The molecule has 7 nitrogen and oxygen atoms in total. The number of piperazine rings is 1. The molecular weight excluding hydrogens is 282 g/mol. The number of esters is 1. The van der Waals surface area contributed by atoms with Crippen LogP contribution in [0.25, 0.3) is 0 Å². The molecule has 1 aliphatic rings. The third kappa shape index (κ3) is 5.74. The Morgan fingerprint density at radius 2 is 1.75 bits per heavy atom. The quantitative estimate of drug-likeness (QED) is 0.712. The van der Waals surface area contributed by atoms with Gasteiger partial charge in [0.1, 0.15) is 0 Å². The van der Waals surface area contributed by atoms with Crippen molar-refractivity contribution >= 4 is 16.2 Å². The fraction of sp³-hybridized carbons (Fsp3) is 0.917. The van der Waals surface area contributed by atoms with Gasteiger partial charge in [0, 0.05) is 38.3 Å². The number of carbonyl (C=O) groups excluding carboxylic acids is 1. The lowest BCUT2D eigenvalue weighted by Crippen LogP contribution is -2.55. The van der Waals surface area contributed by atoms with E-state index in [9.17, 15) is 13.2 Å². The lowest BCUT2D eigenvalue weighted by molar-refractivity contribution is -0.141. The molecule has 1 rings (SSSR count). The van der Waals surface area contributed by atoms with Gasteiger partial charge in [0.25, 0.3) is 10.2 Å². The molecule has 0 saturated carbocycles. The molecule has 1 aliphatic heterocycles. The number of nitrogens with zero attached hydrogens (tertiary/aromatic N) is 2. The van der Waals surface area contributed by atoms with Gasteiger partial charge in [-0.05, 0) is 20.8 Å². The van der Waals surface area contributed by atoms with Gasteiger partial charge in [0.2, 0.25) is 0 Å². The van der Waals surface area contributed by atoms with Crippen molar-refractivity contribution in [3.63, 3.8) is 0 Å².